The highest BCUT2D eigenvalue weighted by molar-refractivity contribution is 5.93. The van der Waals surface area contributed by atoms with Gasteiger partial charge in [-0.15, -0.1) is 0 Å². The van der Waals surface area contributed by atoms with Crippen molar-refractivity contribution in [2.45, 2.75) is 44.9 Å². The predicted octanol–water partition coefficient (Wildman–Crippen LogP) is 4.04. The van der Waals surface area contributed by atoms with E-state index in [1.165, 1.54) is 37.8 Å². The molecule has 0 fully saturated rings. The first kappa shape index (κ1) is 21.5. The van der Waals surface area contributed by atoms with E-state index in [9.17, 15) is 18.4 Å². The maximum Gasteiger partial charge on any atom is 0.387 e. The Hall–Kier alpha value is -3.16. The van der Waals surface area contributed by atoms with E-state index >= 15 is 0 Å². The molecule has 2 aromatic rings. The number of esters is 1. The minimum absolute atomic E-state index is 0.0410. The highest BCUT2D eigenvalue weighted by Gasteiger charge is 2.26. The lowest BCUT2D eigenvalue weighted by Gasteiger charge is -2.27. The molecule has 1 aliphatic carbocycles. The summed E-state index contributed by atoms with van der Waals surface area (Å²) < 4.78 is 39.4. The third-order valence-corrected chi connectivity index (χ3v) is 4.95. The molecule has 0 aliphatic heterocycles. The molecule has 0 radical (unpaired) electrons. The molecule has 0 bridgehead atoms. The van der Waals surface area contributed by atoms with E-state index in [1.54, 1.807) is 0 Å². The van der Waals surface area contributed by atoms with Crippen LogP contribution in [0.15, 0.2) is 42.5 Å². The van der Waals surface area contributed by atoms with Gasteiger partial charge in [0.1, 0.15) is 0 Å². The average Bonchev–Trinajstić information content (AvgIpc) is 2.73. The van der Waals surface area contributed by atoms with Gasteiger partial charge in [-0.25, -0.2) is 4.79 Å². The predicted molar refractivity (Wildman–Crippen MR) is 105 cm³/mol. The van der Waals surface area contributed by atoms with Crippen LogP contribution in [-0.2, 0) is 16.0 Å². The number of aryl methyl sites for hydroxylation is 1. The van der Waals surface area contributed by atoms with Crippen LogP contribution in [0.2, 0.25) is 0 Å². The normalized spacial score (nSPS) is 16.4. The molecular formula is C22H23F2NO5. The fourth-order valence-corrected chi connectivity index (χ4v) is 3.46. The average molecular weight is 419 g/mol. The molecule has 3 rings (SSSR count). The number of methoxy groups -OCH3 is 1. The molecule has 1 amide bonds. The van der Waals surface area contributed by atoms with Crippen LogP contribution in [-0.4, -0.2) is 31.7 Å². The number of carbonyl (C=O) groups is 2. The minimum Gasteiger partial charge on any atom is -0.493 e. The zero-order valence-corrected chi connectivity index (χ0v) is 16.7. The van der Waals surface area contributed by atoms with Crippen LogP contribution in [0.4, 0.5) is 8.78 Å². The van der Waals surface area contributed by atoms with Gasteiger partial charge in [-0.05, 0) is 55.5 Å². The van der Waals surface area contributed by atoms with Crippen molar-refractivity contribution in [3.05, 3.63) is 59.2 Å². The van der Waals surface area contributed by atoms with Crippen LogP contribution in [0, 0.1) is 0 Å². The Bertz CT molecular complexity index is 918. The highest BCUT2D eigenvalue weighted by atomic mass is 19.3. The zero-order valence-electron chi connectivity index (χ0n) is 16.7. The van der Waals surface area contributed by atoms with E-state index in [-0.39, 0.29) is 23.1 Å². The summed E-state index contributed by atoms with van der Waals surface area (Å²) in [5.41, 5.74) is 2.34. The number of amides is 1. The number of benzene rings is 2. The quantitative estimate of drug-likeness (QED) is 0.686. The van der Waals surface area contributed by atoms with Gasteiger partial charge >= 0.3 is 12.6 Å². The fraction of sp³-hybridized carbons (Fsp3) is 0.364. The van der Waals surface area contributed by atoms with Crippen molar-refractivity contribution >= 4 is 11.9 Å². The second-order valence-electron chi connectivity index (χ2n) is 6.94. The van der Waals surface area contributed by atoms with E-state index < -0.39 is 24.6 Å². The third-order valence-electron chi connectivity index (χ3n) is 4.95. The molecule has 0 aromatic heterocycles. The lowest BCUT2D eigenvalue weighted by atomic mass is 9.87. The maximum atomic E-state index is 12.6. The number of carbonyl (C=O) groups excluding carboxylic acids is 2. The molecule has 0 unspecified atom stereocenters. The summed E-state index contributed by atoms with van der Waals surface area (Å²) in [6.45, 7) is -1.54. The van der Waals surface area contributed by atoms with Crippen LogP contribution in [0.3, 0.4) is 0 Å². The number of fused-ring (bicyclic) bond motifs is 1. The lowest BCUT2D eigenvalue weighted by Crippen LogP contribution is -2.39. The lowest BCUT2D eigenvalue weighted by molar-refractivity contribution is -0.130. The molecule has 2 atom stereocenters. The summed E-state index contributed by atoms with van der Waals surface area (Å²) in [6.07, 6.45) is 1.71. The molecule has 30 heavy (non-hydrogen) atoms. The standard InChI is InChI=1S/C22H23F2NO5/c1-13(20(26)25-17-9-5-7-14-6-3-4-8-16(14)17)29-21(27)15-10-11-18(30-22(23)24)19(12-15)28-2/h3-4,6,8,10-13,17,22H,5,7,9H2,1-2H3,(H,25,26)/t13-,17-/m1/s1. The number of halogens is 2. The van der Waals surface area contributed by atoms with E-state index in [0.717, 1.165) is 24.8 Å². The van der Waals surface area contributed by atoms with Crippen LogP contribution in [0.5, 0.6) is 11.5 Å². The molecule has 1 aliphatic rings. The highest BCUT2D eigenvalue weighted by Crippen LogP contribution is 2.31. The SMILES string of the molecule is COc1cc(C(=O)O[C@H](C)C(=O)N[C@@H]2CCCc3ccccc32)ccc1OC(F)F. The Balaban J connectivity index is 1.64. The molecule has 2 aromatic carbocycles. The Morgan fingerprint density at radius 2 is 1.90 bits per heavy atom. The van der Waals surface area contributed by atoms with Crippen LogP contribution < -0.4 is 14.8 Å². The zero-order chi connectivity index (χ0) is 21.7. The van der Waals surface area contributed by atoms with Gasteiger partial charge in [-0.2, -0.15) is 8.78 Å². The van der Waals surface area contributed by atoms with Crippen LogP contribution in [0.25, 0.3) is 0 Å². The number of hydrogen-bond donors (Lipinski definition) is 1. The second kappa shape index (κ2) is 9.56. The summed E-state index contributed by atoms with van der Waals surface area (Å²) in [5, 5.41) is 2.94. The molecule has 6 nitrogen and oxygen atoms in total. The number of nitrogens with one attached hydrogen (secondary N) is 1. The molecule has 0 spiro atoms. The topological polar surface area (TPSA) is 73.9 Å². The van der Waals surface area contributed by atoms with Gasteiger partial charge in [-0.3, -0.25) is 4.79 Å². The summed E-state index contributed by atoms with van der Waals surface area (Å²) in [5.74, 6) is -1.43. The molecule has 8 heteroatoms. The molecule has 0 heterocycles. The van der Waals surface area contributed by atoms with Crippen molar-refractivity contribution in [2.24, 2.45) is 0 Å². The Morgan fingerprint density at radius 1 is 1.13 bits per heavy atom. The van der Waals surface area contributed by atoms with Gasteiger partial charge in [0.25, 0.3) is 5.91 Å². The summed E-state index contributed by atoms with van der Waals surface area (Å²) in [6, 6.07) is 11.5. The summed E-state index contributed by atoms with van der Waals surface area (Å²) in [4.78, 5) is 25.0. The Labute approximate surface area is 173 Å². The van der Waals surface area contributed by atoms with Gasteiger partial charge in [-0.1, -0.05) is 24.3 Å². The first-order valence-electron chi connectivity index (χ1n) is 9.61. The summed E-state index contributed by atoms with van der Waals surface area (Å²) in [7, 11) is 1.26. The molecule has 160 valence electrons. The fourth-order valence-electron chi connectivity index (χ4n) is 3.46. The van der Waals surface area contributed by atoms with E-state index in [4.69, 9.17) is 9.47 Å². The first-order valence-corrected chi connectivity index (χ1v) is 9.61. The van der Waals surface area contributed by atoms with Crippen LogP contribution >= 0.6 is 0 Å². The van der Waals surface area contributed by atoms with Crippen molar-refractivity contribution in [3.63, 3.8) is 0 Å². The first-order chi connectivity index (χ1) is 14.4. The Kier molecular flexibility index (Phi) is 6.87. The monoisotopic (exact) mass is 419 g/mol. The van der Waals surface area contributed by atoms with Crippen molar-refractivity contribution in [2.75, 3.05) is 7.11 Å². The van der Waals surface area contributed by atoms with E-state index in [2.05, 4.69) is 10.1 Å². The van der Waals surface area contributed by atoms with Crippen molar-refractivity contribution in [1.29, 1.82) is 0 Å². The largest absolute Gasteiger partial charge is 0.493 e. The summed E-state index contributed by atoms with van der Waals surface area (Å²) >= 11 is 0. The smallest absolute Gasteiger partial charge is 0.387 e. The number of alkyl halides is 2. The maximum absolute atomic E-state index is 12.6. The van der Waals surface area contributed by atoms with Gasteiger partial charge in [0, 0.05) is 0 Å². The van der Waals surface area contributed by atoms with Gasteiger partial charge in [0.2, 0.25) is 0 Å². The van der Waals surface area contributed by atoms with Crippen molar-refractivity contribution < 1.29 is 32.6 Å². The number of ether oxygens (including phenoxy) is 3. The van der Waals surface area contributed by atoms with Crippen molar-refractivity contribution in [3.8, 4) is 11.5 Å². The minimum atomic E-state index is -3.02. The number of rotatable bonds is 7. The van der Waals surface area contributed by atoms with Crippen molar-refractivity contribution in [1.82, 2.24) is 5.32 Å². The number of hydrogen-bond acceptors (Lipinski definition) is 5. The molecular weight excluding hydrogens is 396 g/mol. The van der Waals surface area contributed by atoms with Gasteiger partial charge < -0.3 is 19.5 Å². The van der Waals surface area contributed by atoms with Crippen LogP contribution in [0.1, 0.15) is 47.3 Å². The Morgan fingerprint density at radius 3 is 2.63 bits per heavy atom. The van der Waals surface area contributed by atoms with E-state index in [0.29, 0.717) is 0 Å². The second-order valence-corrected chi connectivity index (χ2v) is 6.94. The van der Waals surface area contributed by atoms with Gasteiger partial charge in [0.05, 0.1) is 18.7 Å². The third kappa shape index (κ3) is 5.06. The molecule has 0 saturated carbocycles. The van der Waals surface area contributed by atoms with E-state index in [1.807, 2.05) is 24.3 Å². The molecule has 1 N–H and O–H groups in total. The molecule has 0 saturated heterocycles. The van der Waals surface area contributed by atoms with Gasteiger partial charge in [0.15, 0.2) is 17.6 Å².